The average Bonchev–Trinajstić information content (AvgIpc) is 2.73. The van der Waals surface area contributed by atoms with Crippen molar-refractivity contribution >= 4 is 43.0 Å². The topological polar surface area (TPSA) is 102 Å². The third-order valence-corrected chi connectivity index (χ3v) is 7.64. The number of sulfonamides is 2. The number of methoxy groups -OCH3 is 1. The van der Waals surface area contributed by atoms with Crippen LogP contribution < -0.4 is 14.2 Å². The highest BCUT2D eigenvalue weighted by molar-refractivity contribution is 7.93. The van der Waals surface area contributed by atoms with Crippen molar-refractivity contribution < 1.29 is 21.6 Å². The summed E-state index contributed by atoms with van der Waals surface area (Å²) < 4.78 is 61.1. The van der Waals surface area contributed by atoms with Crippen LogP contribution >= 0.6 is 11.6 Å². The molecule has 2 N–H and O–H groups in total. The third-order valence-electron chi connectivity index (χ3n) is 4.63. The first-order valence-corrected chi connectivity index (χ1v) is 13.0. The van der Waals surface area contributed by atoms with Gasteiger partial charge in [-0.15, -0.1) is 0 Å². The highest BCUT2D eigenvalue weighted by Crippen LogP contribution is 2.30. The van der Waals surface area contributed by atoms with Crippen LogP contribution in [-0.2, 0) is 20.0 Å². The molecule has 0 amide bonds. The van der Waals surface area contributed by atoms with E-state index < -0.39 is 20.0 Å². The number of hydrogen-bond acceptors (Lipinski definition) is 5. The lowest BCUT2D eigenvalue weighted by Crippen LogP contribution is -2.15. The first-order chi connectivity index (χ1) is 15.0. The first kappa shape index (κ1) is 23.9. The Hall–Kier alpha value is -2.75. The molecule has 0 unspecified atom stereocenters. The minimum atomic E-state index is -3.88. The summed E-state index contributed by atoms with van der Waals surface area (Å²) in [5.74, 6) is 0.678. The van der Waals surface area contributed by atoms with Crippen molar-refractivity contribution in [2.75, 3.05) is 16.6 Å². The van der Waals surface area contributed by atoms with Gasteiger partial charge in [0.1, 0.15) is 5.75 Å². The molecule has 0 atom stereocenters. The van der Waals surface area contributed by atoms with Gasteiger partial charge in [-0.1, -0.05) is 31.5 Å². The standard InChI is InChI=1S/C22H23ClN2O5S2/c1-15(2)21-14-20(11-12-22(21)30-3)32(28,29)24-17-7-9-19(10-8-17)31(26,27)25-18-6-4-5-16(23)13-18/h4-15,24-25H,1-3H3. The average molecular weight is 495 g/mol. The van der Waals surface area contributed by atoms with Gasteiger partial charge in [0, 0.05) is 10.7 Å². The summed E-state index contributed by atoms with van der Waals surface area (Å²) in [4.78, 5) is 0.0632. The largest absolute Gasteiger partial charge is 0.496 e. The summed E-state index contributed by atoms with van der Waals surface area (Å²) in [6, 6.07) is 16.4. The number of anilines is 2. The molecule has 7 nitrogen and oxygen atoms in total. The molecule has 3 aromatic carbocycles. The quantitative estimate of drug-likeness (QED) is 0.455. The monoisotopic (exact) mass is 494 g/mol. The Morgan fingerprint density at radius 3 is 1.97 bits per heavy atom. The molecule has 0 fully saturated rings. The van der Waals surface area contributed by atoms with Gasteiger partial charge in [-0.2, -0.15) is 0 Å². The Bertz CT molecular complexity index is 1320. The summed E-state index contributed by atoms with van der Waals surface area (Å²) in [5.41, 5.74) is 1.32. The summed E-state index contributed by atoms with van der Waals surface area (Å²) in [6.07, 6.45) is 0. The zero-order valence-electron chi connectivity index (χ0n) is 17.7. The Morgan fingerprint density at radius 1 is 0.781 bits per heavy atom. The fourth-order valence-electron chi connectivity index (χ4n) is 3.01. The van der Waals surface area contributed by atoms with Crippen LogP contribution in [0.15, 0.2) is 76.5 Å². The van der Waals surface area contributed by atoms with Crippen LogP contribution in [0.2, 0.25) is 5.02 Å². The second kappa shape index (κ2) is 9.40. The minimum Gasteiger partial charge on any atom is -0.496 e. The molecule has 0 saturated carbocycles. The molecular weight excluding hydrogens is 472 g/mol. The van der Waals surface area contributed by atoms with Crippen LogP contribution in [-0.4, -0.2) is 23.9 Å². The van der Waals surface area contributed by atoms with Gasteiger partial charge in [-0.25, -0.2) is 16.8 Å². The van der Waals surface area contributed by atoms with Crippen molar-refractivity contribution in [3.8, 4) is 5.75 Å². The van der Waals surface area contributed by atoms with E-state index in [0.717, 1.165) is 5.56 Å². The Labute approximate surface area is 193 Å². The van der Waals surface area contributed by atoms with Crippen LogP contribution in [0.4, 0.5) is 11.4 Å². The molecule has 0 aliphatic heterocycles. The molecule has 3 aromatic rings. The molecule has 3 rings (SSSR count). The van der Waals surface area contributed by atoms with Crippen LogP contribution in [0.25, 0.3) is 0 Å². The summed E-state index contributed by atoms with van der Waals surface area (Å²) in [6.45, 7) is 3.89. The van der Waals surface area contributed by atoms with Crippen LogP contribution in [0.1, 0.15) is 25.3 Å². The van der Waals surface area contributed by atoms with Crippen molar-refractivity contribution in [1.29, 1.82) is 0 Å². The van der Waals surface area contributed by atoms with Crippen molar-refractivity contribution in [2.45, 2.75) is 29.6 Å². The van der Waals surface area contributed by atoms with Crippen LogP contribution in [0.3, 0.4) is 0 Å². The van der Waals surface area contributed by atoms with Crippen molar-refractivity contribution in [3.05, 3.63) is 77.3 Å². The van der Waals surface area contributed by atoms with Gasteiger partial charge < -0.3 is 4.74 Å². The van der Waals surface area contributed by atoms with Crippen molar-refractivity contribution in [1.82, 2.24) is 0 Å². The van der Waals surface area contributed by atoms with Crippen LogP contribution in [0, 0.1) is 0 Å². The zero-order valence-corrected chi connectivity index (χ0v) is 20.1. The molecule has 0 aliphatic carbocycles. The van der Waals surface area contributed by atoms with E-state index in [1.165, 1.54) is 43.5 Å². The Kier molecular flexibility index (Phi) is 7.02. The number of ether oxygens (including phenoxy) is 1. The number of benzene rings is 3. The molecule has 0 aromatic heterocycles. The predicted molar refractivity (Wildman–Crippen MR) is 127 cm³/mol. The maximum atomic E-state index is 12.8. The summed E-state index contributed by atoms with van der Waals surface area (Å²) in [5, 5.41) is 0.397. The minimum absolute atomic E-state index is 0.0213. The molecule has 0 bridgehead atoms. The maximum Gasteiger partial charge on any atom is 0.261 e. The molecule has 0 radical (unpaired) electrons. The number of rotatable bonds is 8. The predicted octanol–water partition coefficient (Wildman–Crippen LogP) is 5.07. The van der Waals surface area contributed by atoms with E-state index in [2.05, 4.69) is 9.44 Å². The second-order valence-corrected chi connectivity index (χ2v) is 11.1. The molecule has 10 heteroatoms. The summed E-state index contributed by atoms with van der Waals surface area (Å²) >= 11 is 5.89. The van der Waals surface area contributed by atoms with Gasteiger partial charge in [-0.05, 0) is 72.1 Å². The first-order valence-electron chi connectivity index (χ1n) is 9.61. The van der Waals surface area contributed by atoms with Gasteiger partial charge in [0.2, 0.25) is 0 Å². The lowest BCUT2D eigenvalue weighted by Gasteiger charge is -2.15. The third kappa shape index (κ3) is 5.53. The van der Waals surface area contributed by atoms with Crippen LogP contribution in [0.5, 0.6) is 5.75 Å². The SMILES string of the molecule is COc1ccc(S(=O)(=O)Nc2ccc(S(=O)(=O)Nc3cccc(Cl)c3)cc2)cc1C(C)C. The normalized spacial score (nSPS) is 11.9. The summed E-state index contributed by atoms with van der Waals surface area (Å²) in [7, 11) is -6.21. The Balaban J connectivity index is 1.81. The van der Waals surface area contributed by atoms with Gasteiger partial charge in [0.25, 0.3) is 20.0 Å². The molecular formula is C22H23ClN2O5S2. The Morgan fingerprint density at radius 2 is 1.38 bits per heavy atom. The van der Waals surface area contributed by atoms with Crippen molar-refractivity contribution in [3.63, 3.8) is 0 Å². The fraction of sp³-hybridized carbons (Fsp3) is 0.182. The van der Waals surface area contributed by atoms with E-state index in [4.69, 9.17) is 16.3 Å². The lowest BCUT2D eigenvalue weighted by molar-refractivity contribution is 0.407. The fourth-order valence-corrected chi connectivity index (χ4v) is 5.35. The number of hydrogen-bond donors (Lipinski definition) is 2. The van der Waals surface area contributed by atoms with Crippen molar-refractivity contribution in [2.24, 2.45) is 0 Å². The molecule has 0 heterocycles. The lowest BCUT2D eigenvalue weighted by atomic mass is 10.0. The van der Waals surface area contributed by atoms with E-state index in [0.29, 0.717) is 16.5 Å². The van der Waals surface area contributed by atoms with E-state index >= 15 is 0 Å². The molecule has 0 spiro atoms. The second-order valence-electron chi connectivity index (χ2n) is 7.30. The van der Waals surface area contributed by atoms with Gasteiger partial charge in [0.15, 0.2) is 0 Å². The zero-order chi connectivity index (χ0) is 23.5. The van der Waals surface area contributed by atoms with Gasteiger partial charge >= 0.3 is 0 Å². The highest BCUT2D eigenvalue weighted by atomic mass is 35.5. The molecule has 32 heavy (non-hydrogen) atoms. The van der Waals surface area contributed by atoms with E-state index in [-0.39, 0.29) is 21.4 Å². The number of nitrogens with one attached hydrogen (secondary N) is 2. The number of halogens is 1. The molecule has 0 saturated heterocycles. The van der Waals surface area contributed by atoms with E-state index in [1.54, 1.807) is 30.3 Å². The maximum absolute atomic E-state index is 12.8. The van der Waals surface area contributed by atoms with Gasteiger partial charge in [0.05, 0.1) is 22.6 Å². The molecule has 0 aliphatic rings. The van der Waals surface area contributed by atoms with Gasteiger partial charge in [-0.3, -0.25) is 9.44 Å². The van der Waals surface area contributed by atoms with E-state index in [1.807, 2.05) is 13.8 Å². The molecule has 170 valence electrons. The van der Waals surface area contributed by atoms with E-state index in [9.17, 15) is 16.8 Å². The highest BCUT2D eigenvalue weighted by Gasteiger charge is 2.19. The smallest absolute Gasteiger partial charge is 0.261 e.